The van der Waals surface area contributed by atoms with Crippen molar-refractivity contribution in [1.82, 2.24) is 30.8 Å². The number of rotatable bonds is 10. The van der Waals surface area contributed by atoms with Gasteiger partial charge in [-0.3, -0.25) is 4.79 Å². The van der Waals surface area contributed by atoms with Gasteiger partial charge in [0.15, 0.2) is 0 Å². The molecule has 0 saturated carbocycles. The number of carbonyl (C=O) groups excluding carboxylic acids is 2. The lowest BCUT2D eigenvalue weighted by molar-refractivity contribution is -0.125. The van der Waals surface area contributed by atoms with Gasteiger partial charge in [0.1, 0.15) is 23.3 Å². The minimum atomic E-state index is -0.647. The fraction of sp³-hybridized carbons (Fsp3) is 0.591. The average molecular weight is 449 g/mol. The molecular formula is C22H33FN6O3. The van der Waals surface area contributed by atoms with Crippen molar-refractivity contribution in [3.63, 3.8) is 0 Å². The molecule has 0 fully saturated rings. The molecule has 2 atom stereocenters. The molecule has 1 heterocycles. The molecule has 2 rings (SSSR count). The molecule has 176 valence electrons. The van der Waals surface area contributed by atoms with E-state index in [1.807, 2.05) is 27.7 Å². The van der Waals surface area contributed by atoms with E-state index < -0.39 is 17.7 Å². The third-order valence-electron chi connectivity index (χ3n) is 4.72. The molecule has 0 radical (unpaired) electrons. The zero-order chi connectivity index (χ0) is 23.7. The van der Waals surface area contributed by atoms with Crippen LogP contribution in [-0.4, -0.2) is 50.4 Å². The number of aryl methyl sites for hydroxylation is 1. The number of nitrogens with zero attached hydrogens (tertiary/aromatic N) is 4. The standard InChI is InChI=1S/C22H33FN6O3/c1-15(8-6-7-13-24-21(31)32-22(3,4)5)25-20(30)19(29-16(2)26-27-28-29)14-17-9-11-18(23)12-10-17/h9-12,15,19H,6-8,13-14H2,1-5H3,(H,24,31)(H,25,30)/t15-,19-/m1/s1. The predicted octanol–water partition coefficient (Wildman–Crippen LogP) is 3.10. The maximum atomic E-state index is 13.2. The first-order valence-corrected chi connectivity index (χ1v) is 10.8. The first-order chi connectivity index (χ1) is 15.0. The first-order valence-electron chi connectivity index (χ1n) is 10.8. The molecule has 1 aromatic heterocycles. The maximum Gasteiger partial charge on any atom is 0.407 e. The van der Waals surface area contributed by atoms with Crippen LogP contribution in [0.2, 0.25) is 0 Å². The summed E-state index contributed by atoms with van der Waals surface area (Å²) in [6, 6.07) is 5.31. The van der Waals surface area contributed by atoms with E-state index in [0.29, 0.717) is 18.8 Å². The lowest BCUT2D eigenvalue weighted by Gasteiger charge is -2.21. The van der Waals surface area contributed by atoms with Crippen LogP contribution in [0.15, 0.2) is 24.3 Å². The van der Waals surface area contributed by atoms with Crippen LogP contribution in [0.3, 0.4) is 0 Å². The Bertz CT molecular complexity index is 879. The van der Waals surface area contributed by atoms with Crippen LogP contribution in [0.5, 0.6) is 0 Å². The third kappa shape index (κ3) is 8.60. The molecule has 0 aliphatic rings. The Labute approximate surface area is 188 Å². The van der Waals surface area contributed by atoms with Crippen molar-refractivity contribution in [2.45, 2.75) is 78.0 Å². The average Bonchev–Trinajstić information content (AvgIpc) is 3.11. The normalized spacial score (nSPS) is 13.3. The summed E-state index contributed by atoms with van der Waals surface area (Å²) < 4.78 is 19.9. The number of ether oxygens (including phenoxy) is 1. The summed E-state index contributed by atoms with van der Waals surface area (Å²) in [6.07, 6.45) is 2.25. The molecule has 0 aliphatic heterocycles. The number of carbonyl (C=O) groups is 2. The van der Waals surface area contributed by atoms with Gasteiger partial charge in [-0.05, 0) is 82.0 Å². The summed E-state index contributed by atoms with van der Waals surface area (Å²) in [5, 5.41) is 17.2. The van der Waals surface area contributed by atoms with Gasteiger partial charge in [0.05, 0.1) is 0 Å². The third-order valence-corrected chi connectivity index (χ3v) is 4.72. The van der Waals surface area contributed by atoms with E-state index in [0.717, 1.165) is 24.8 Å². The summed E-state index contributed by atoms with van der Waals surface area (Å²) in [7, 11) is 0. The van der Waals surface area contributed by atoms with Crippen molar-refractivity contribution in [2.24, 2.45) is 0 Å². The van der Waals surface area contributed by atoms with E-state index in [1.165, 1.54) is 16.8 Å². The second kappa shape index (κ2) is 11.5. The second-order valence-corrected chi connectivity index (χ2v) is 8.85. The zero-order valence-corrected chi connectivity index (χ0v) is 19.4. The Kier molecular flexibility index (Phi) is 9.10. The van der Waals surface area contributed by atoms with Crippen molar-refractivity contribution < 1.29 is 18.7 Å². The maximum absolute atomic E-state index is 13.2. The van der Waals surface area contributed by atoms with E-state index in [-0.39, 0.29) is 17.8 Å². The lowest BCUT2D eigenvalue weighted by Crippen LogP contribution is -2.40. The Morgan fingerprint density at radius 1 is 1.19 bits per heavy atom. The number of amides is 2. The summed E-state index contributed by atoms with van der Waals surface area (Å²) in [4.78, 5) is 24.7. The highest BCUT2D eigenvalue weighted by Crippen LogP contribution is 2.16. The van der Waals surface area contributed by atoms with Crippen LogP contribution in [0.25, 0.3) is 0 Å². The number of hydrogen-bond donors (Lipinski definition) is 2. The molecule has 0 unspecified atom stereocenters. The van der Waals surface area contributed by atoms with E-state index in [4.69, 9.17) is 4.74 Å². The minimum absolute atomic E-state index is 0.0727. The van der Waals surface area contributed by atoms with Crippen LogP contribution in [-0.2, 0) is 16.0 Å². The van der Waals surface area contributed by atoms with Crippen LogP contribution in [0.4, 0.5) is 9.18 Å². The van der Waals surface area contributed by atoms with E-state index in [1.54, 1.807) is 19.1 Å². The number of halogens is 1. The summed E-state index contributed by atoms with van der Waals surface area (Å²) in [5.41, 5.74) is 0.285. The number of alkyl carbamates (subject to hydrolysis) is 1. The SMILES string of the molecule is Cc1nnnn1[C@H](Cc1ccc(F)cc1)C(=O)N[C@H](C)CCCCNC(=O)OC(C)(C)C. The Hall–Kier alpha value is -3.04. The minimum Gasteiger partial charge on any atom is -0.444 e. The number of benzene rings is 1. The van der Waals surface area contributed by atoms with Crippen LogP contribution in [0, 0.1) is 12.7 Å². The fourth-order valence-corrected chi connectivity index (χ4v) is 3.15. The molecule has 10 heteroatoms. The Balaban J connectivity index is 1.84. The molecule has 1 aromatic carbocycles. The van der Waals surface area contributed by atoms with Gasteiger partial charge < -0.3 is 15.4 Å². The number of tetrazole rings is 1. The largest absolute Gasteiger partial charge is 0.444 e. The molecule has 2 N–H and O–H groups in total. The molecule has 2 aromatic rings. The summed E-state index contributed by atoms with van der Waals surface area (Å²) in [5.74, 6) is -0.0135. The van der Waals surface area contributed by atoms with Crippen LogP contribution >= 0.6 is 0 Å². The topological polar surface area (TPSA) is 111 Å². The number of aromatic nitrogens is 4. The molecule has 2 amide bonds. The van der Waals surface area contributed by atoms with Crippen molar-refractivity contribution in [1.29, 1.82) is 0 Å². The molecule has 0 spiro atoms. The molecule has 0 saturated heterocycles. The van der Waals surface area contributed by atoms with Crippen LogP contribution < -0.4 is 10.6 Å². The van der Waals surface area contributed by atoms with Gasteiger partial charge in [0.25, 0.3) is 0 Å². The molecule has 0 bridgehead atoms. The van der Waals surface area contributed by atoms with Gasteiger partial charge in [-0.2, -0.15) is 0 Å². The van der Waals surface area contributed by atoms with Gasteiger partial charge in [0.2, 0.25) is 5.91 Å². The first kappa shape index (κ1) is 25.2. The quantitative estimate of drug-likeness (QED) is 0.540. The highest BCUT2D eigenvalue weighted by atomic mass is 19.1. The molecule has 9 nitrogen and oxygen atoms in total. The van der Waals surface area contributed by atoms with Crippen LogP contribution in [0.1, 0.15) is 64.4 Å². The smallest absolute Gasteiger partial charge is 0.407 e. The molecule has 0 aliphatic carbocycles. The van der Waals surface area contributed by atoms with Gasteiger partial charge >= 0.3 is 6.09 Å². The lowest BCUT2D eigenvalue weighted by atomic mass is 10.0. The van der Waals surface area contributed by atoms with Crippen molar-refractivity contribution in [3.8, 4) is 0 Å². The number of unbranched alkanes of at least 4 members (excludes halogenated alkanes) is 1. The van der Waals surface area contributed by atoms with E-state index in [9.17, 15) is 14.0 Å². The number of hydrogen-bond acceptors (Lipinski definition) is 6. The van der Waals surface area contributed by atoms with E-state index in [2.05, 4.69) is 26.2 Å². The zero-order valence-electron chi connectivity index (χ0n) is 19.4. The second-order valence-electron chi connectivity index (χ2n) is 8.85. The summed E-state index contributed by atoms with van der Waals surface area (Å²) in [6.45, 7) is 9.62. The predicted molar refractivity (Wildman–Crippen MR) is 117 cm³/mol. The highest BCUT2D eigenvalue weighted by Gasteiger charge is 2.25. The number of nitrogens with one attached hydrogen (secondary N) is 2. The highest BCUT2D eigenvalue weighted by molar-refractivity contribution is 5.80. The van der Waals surface area contributed by atoms with Gasteiger partial charge in [0, 0.05) is 19.0 Å². The van der Waals surface area contributed by atoms with Crippen molar-refractivity contribution in [2.75, 3.05) is 6.54 Å². The summed E-state index contributed by atoms with van der Waals surface area (Å²) >= 11 is 0. The Morgan fingerprint density at radius 2 is 1.88 bits per heavy atom. The molecular weight excluding hydrogens is 415 g/mol. The van der Waals surface area contributed by atoms with Crippen molar-refractivity contribution >= 4 is 12.0 Å². The molecule has 32 heavy (non-hydrogen) atoms. The Morgan fingerprint density at radius 3 is 2.47 bits per heavy atom. The monoisotopic (exact) mass is 448 g/mol. The van der Waals surface area contributed by atoms with Gasteiger partial charge in [-0.15, -0.1) is 5.10 Å². The van der Waals surface area contributed by atoms with Gasteiger partial charge in [-0.25, -0.2) is 13.9 Å². The fourth-order valence-electron chi connectivity index (χ4n) is 3.15. The van der Waals surface area contributed by atoms with E-state index >= 15 is 0 Å². The van der Waals surface area contributed by atoms with Gasteiger partial charge in [-0.1, -0.05) is 12.1 Å². The van der Waals surface area contributed by atoms with Crippen molar-refractivity contribution in [3.05, 3.63) is 41.5 Å².